The van der Waals surface area contributed by atoms with Gasteiger partial charge in [-0.2, -0.15) is 0 Å². The lowest BCUT2D eigenvalue weighted by Gasteiger charge is -2.18. The first-order valence-corrected chi connectivity index (χ1v) is 11.7. The molecule has 0 saturated carbocycles. The molecule has 1 fully saturated rings. The number of aromatic nitrogens is 1. The number of hydrogen-bond acceptors (Lipinski definition) is 4. The van der Waals surface area contributed by atoms with Crippen molar-refractivity contribution in [1.82, 2.24) is 14.8 Å². The molecule has 1 N–H and O–H groups in total. The van der Waals surface area contributed by atoms with Gasteiger partial charge in [-0.15, -0.1) is 0 Å². The third kappa shape index (κ3) is 5.20. The molecule has 1 atom stereocenters. The molecule has 0 radical (unpaired) electrons. The third-order valence-electron chi connectivity index (χ3n) is 6.39. The van der Waals surface area contributed by atoms with E-state index in [2.05, 4.69) is 22.4 Å². The molecule has 0 bridgehead atoms. The Balaban J connectivity index is 1.08. The van der Waals surface area contributed by atoms with Crippen LogP contribution in [0.25, 0.3) is 0 Å². The summed E-state index contributed by atoms with van der Waals surface area (Å²) in [5.74, 6) is 0.911. The van der Waals surface area contributed by atoms with E-state index >= 15 is 0 Å². The average Bonchev–Trinajstić information content (AvgIpc) is 3.52. The molecule has 1 saturated heterocycles. The Kier molecular flexibility index (Phi) is 6.42. The number of likely N-dealkylation sites (tertiary alicyclic amines) is 1. The number of hydrogen-bond donors (Lipinski definition) is 1. The molecule has 3 heterocycles. The number of rotatable bonds is 6. The molecular formula is C27H28N4O3. The maximum atomic E-state index is 12.6. The number of carbonyl (C=O) groups excluding carboxylic acids is 2. The molecule has 3 amide bonds. The number of nitrogens with one attached hydrogen (secondary N) is 1. The minimum absolute atomic E-state index is 0.0159. The summed E-state index contributed by atoms with van der Waals surface area (Å²) in [4.78, 5) is 33.0. The summed E-state index contributed by atoms with van der Waals surface area (Å²) < 4.78 is 6.10. The highest BCUT2D eigenvalue weighted by molar-refractivity contribution is 5.89. The molecule has 7 heteroatoms. The number of amides is 3. The van der Waals surface area contributed by atoms with Gasteiger partial charge in [-0.1, -0.05) is 30.3 Å². The number of urea groups is 1. The van der Waals surface area contributed by atoms with Gasteiger partial charge in [0.15, 0.2) is 0 Å². The number of carbonyl (C=O) groups is 2. The van der Waals surface area contributed by atoms with Crippen molar-refractivity contribution in [3.8, 4) is 5.75 Å². The highest BCUT2D eigenvalue weighted by Gasteiger charge is 2.27. The Morgan fingerprint density at radius 3 is 2.56 bits per heavy atom. The maximum absolute atomic E-state index is 12.6. The quantitative estimate of drug-likeness (QED) is 0.602. The van der Waals surface area contributed by atoms with Crippen molar-refractivity contribution in [1.29, 1.82) is 0 Å². The third-order valence-corrected chi connectivity index (χ3v) is 6.39. The molecule has 174 valence electrons. The van der Waals surface area contributed by atoms with Crippen molar-refractivity contribution >= 4 is 17.6 Å². The van der Waals surface area contributed by atoms with Crippen molar-refractivity contribution in [3.05, 3.63) is 89.7 Å². The van der Waals surface area contributed by atoms with Gasteiger partial charge in [-0.05, 0) is 53.4 Å². The molecule has 1 unspecified atom stereocenters. The van der Waals surface area contributed by atoms with Crippen LogP contribution < -0.4 is 10.1 Å². The molecule has 34 heavy (non-hydrogen) atoms. The van der Waals surface area contributed by atoms with Crippen molar-refractivity contribution in [2.45, 2.75) is 38.5 Å². The molecule has 2 aromatic carbocycles. The predicted octanol–water partition coefficient (Wildman–Crippen LogP) is 4.24. The van der Waals surface area contributed by atoms with Crippen LogP contribution in [0.3, 0.4) is 0 Å². The van der Waals surface area contributed by atoms with E-state index in [-0.39, 0.29) is 18.0 Å². The number of pyridine rings is 1. The monoisotopic (exact) mass is 456 g/mol. The molecule has 2 aliphatic rings. The standard InChI is InChI=1S/C27H28N4O3/c32-26(11-6-20-4-2-1-3-5-20)30-15-13-25(19-30)34-24-9-7-23(8-10-24)29-27(33)31-17-21-12-14-28-16-22(21)18-31/h1-5,7-10,12,14,16,25H,6,11,13,15,17-19H2,(H,29,33). The number of aryl methyl sites for hydroxylation is 1. The fraction of sp³-hybridized carbons (Fsp3) is 0.296. The second kappa shape index (κ2) is 9.95. The average molecular weight is 457 g/mol. The van der Waals surface area contributed by atoms with Gasteiger partial charge in [0.1, 0.15) is 11.9 Å². The van der Waals surface area contributed by atoms with Crippen LogP contribution >= 0.6 is 0 Å². The normalized spacial score (nSPS) is 16.9. The summed E-state index contributed by atoms with van der Waals surface area (Å²) in [6.45, 7) is 2.49. The second-order valence-electron chi connectivity index (χ2n) is 8.81. The van der Waals surface area contributed by atoms with E-state index in [1.807, 2.05) is 59.6 Å². The lowest BCUT2D eigenvalue weighted by atomic mass is 10.1. The maximum Gasteiger partial charge on any atom is 0.322 e. The number of anilines is 1. The minimum atomic E-state index is -0.134. The number of ether oxygens (including phenoxy) is 1. The highest BCUT2D eigenvalue weighted by atomic mass is 16.5. The first kappa shape index (κ1) is 21.9. The molecule has 3 aromatic rings. The lowest BCUT2D eigenvalue weighted by Crippen LogP contribution is -2.31. The van der Waals surface area contributed by atoms with Gasteiger partial charge < -0.3 is 19.9 Å². The number of nitrogens with zero attached hydrogens (tertiary/aromatic N) is 3. The summed E-state index contributed by atoms with van der Waals surface area (Å²) in [7, 11) is 0. The Labute approximate surface area is 199 Å². The molecule has 5 rings (SSSR count). The topological polar surface area (TPSA) is 74.8 Å². The largest absolute Gasteiger partial charge is 0.489 e. The van der Waals surface area contributed by atoms with Crippen LogP contribution in [0.4, 0.5) is 10.5 Å². The van der Waals surface area contributed by atoms with E-state index < -0.39 is 0 Å². The second-order valence-corrected chi connectivity index (χ2v) is 8.81. The van der Waals surface area contributed by atoms with Gasteiger partial charge in [-0.3, -0.25) is 9.78 Å². The van der Waals surface area contributed by atoms with Gasteiger partial charge in [-0.25, -0.2) is 4.79 Å². The molecular weight excluding hydrogens is 428 g/mol. The van der Waals surface area contributed by atoms with E-state index in [1.54, 1.807) is 11.1 Å². The van der Waals surface area contributed by atoms with Crippen LogP contribution in [0.5, 0.6) is 5.75 Å². The molecule has 1 aromatic heterocycles. The predicted molar refractivity (Wildman–Crippen MR) is 129 cm³/mol. The van der Waals surface area contributed by atoms with Crippen molar-refractivity contribution in [2.24, 2.45) is 0 Å². The summed E-state index contributed by atoms with van der Waals surface area (Å²) >= 11 is 0. The van der Waals surface area contributed by atoms with Gasteiger partial charge in [0, 0.05) is 50.6 Å². The summed E-state index contributed by atoms with van der Waals surface area (Å²) in [6, 6.07) is 19.3. The van der Waals surface area contributed by atoms with E-state index in [4.69, 9.17) is 4.74 Å². The van der Waals surface area contributed by atoms with Crippen LogP contribution in [0.1, 0.15) is 29.5 Å². The molecule has 0 aliphatic carbocycles. The Morgan fingerprint density at radius 1 is 0.971 bits per heavy atom. The zero-order valence-corrected chi connectivity index (χ0v) is 19.0. The van der Waals surface area contributed by atoms with Crippen molar-refractivity contribution in [2.75, 3.05) is 18.4 Å². The van der Waals surface area contributed by atoms with Crippen LogP contribution in [-0.4, -0.2) is 45.9 Å². The summed E-state index contributed by atoms with van der Waals surface area (Å²) in [5.41, 5.74) is 4.13. The van der Waals surface area contributed by atoms with Gasteiger partial charge in [0.25, 0.3) is 0 Å². The smallest absolute Gasteiger partial charge is 0.322 e. The van der Waals surface area contributed by atoms with Crippen LogP contribution in [0.15, 0.2) is 73.1 Å². The van der Waals surface area contributed by atoms with E-state index in [1.165, 1.54) is 5.56 Å². The van der Waals surface area contributed by atoms with E-state index in [9.17, 15) is 9.59 Å². The van der Waals surface area contributed by atoms with Crippen LogP contribution in [0.2, 0.25) is 0 Å². The number of fused-ring (bicyclic) bond motifs is 1. The highest BCUT2D eigenvalue weighted by Crippen LogP contribution is 2.24. The Bertz CT molecular complexity index is 1130. The van der Waals surface area contributed by atoms with Gasteiger partial charge in [0.05, 0.1) is 6.54 Å². The van der Waals surface area contributed by atoms with Crippen LogP contribution in [-0.2, 0) is 24.3 Å². The molecule has 2 aliphatic heterocycles. The SMILES string of the molecule is O=C(CCc1ccccc1)N1CCC(Oc2ccc(NC(=O)N3Cc4ccncc4C3)cc2)C1. The van der Waals surface area contributed by atoms with Gasteiger partial charge in [0.2, 0.25) is 5.91 Å². The van der Waals surface area contributed by atoms with Crippen molar-refractivity contribution in [3.63, 3.8) is 0 Å². The fourth-order valence-corrected chi connectivity index (χ4v) is 4.48. The van der Waals surface area contributed by atoms with Gasteiger partial charge >= 0.3 is 6.03 Å². The van der Waals surface area contributed by atoms with Crippen LogP contribution in [0, 0.1) is 0 Å². The summed E-state index contributed by atoms with van der Waals surface area (Å²) in [6.07, 6.45) is 5.65. The Morgan fingerprint density at radius 2 is 1.76 bits per heavy atom. The molecule has 0 spiro atoms. The Hall–Kier alpha value is -3.87. The fourth-order valence-electron chi connectivity index (χ4n) is 4.48. The number of benzene rings is 2. The first-order valence-electron chi connectivity index (χ1n) is 11.7. The van der Waals surface area contributed by atoms with E-state index in [0.717, 1.165) is 42.0 Å². The van der Waals surface area contributed by atoms with Crippen molar-refractivity contribution < 1.29 is 14.3 Å². The van der Waals surface area contributed by atoms with E-state index in [0.29, 0.717) is 26.1 Å². The zero-order valence-electron chi connectivity index (χ0n) is 19.0. The molecule has 7 nitrogen and oxygen atoms in total. The summed E-state index contributed by atoms with van der Waals surface area (Å²) in [5, 5.41) is 2.95. The minimum Gasteiger partial charge on any atom is -0.489 e. The first-order chi connectivity index (χ1) is 16.6. The zero-order chi connectivity index (χ0) is 23.3. The lowest BCUT2D eigenvalue weighted by molar-refractivity contribution is -0.130.